The Morgan fingerprint density at radius 2 is 1.88 bits per heavy atom. The molecule has 1 fully saturated rings. The molecule has 132 valence electrons. The molecule has 3 rings (SSSR count). The third kappa shape index (κ3) is 5.54. The van der Waals surface area contributed by atoms with Crippen LogP contribution in [0.25, 0.3) is 0 Å². The maximum absolute atomic E-state index is 12.3. The van der Waals surface area contributed by atoms with Gasteiger partial charge in [-0.25, -0.2) is 9.59 Å². The van der Waals surface area contributed by atoms with Gasteiger partial charge in [0.1, 0.15) is 0 Å². The number of amides is 2. The van der Waals surface area contributed by atoms with Crippen LogP contribution >= 0.6 is 0 Å². The van der Waals surface area contributed by atoms with Crippen molar-refractivity contribution >= 4 is 47.2 Å². The summed E-state index contributed by atoms with van der Waals surface area (Å²) in [5.41, 5.74) is 1.94. The number of benzene rings is 1. The number of rotatable bonds is 4. The first-order valence-corrected chi connectivity index (χ1v) is 8.12. The first-order chi connectivity index (χ1) is 12.1. The molecule has 8 heteroatoms. The van der Waals surface area contributed by atoms with Crippen LogP contribution < -0.4 is 5.32 Å². The van der Waals surface area contributed by atoms with Crippen molar-refractivity contribution < 1.29 is 14.7 Å². The Morgan fingerprint density at radius 1 is 1.12 bits per heavy atom. The Bertz CT molecular complexity index is 749. The van der Waals surface area contributed by atoms with Crippen LogP contribution in [0.2, 0.25) is 0 Å². The van der Waals surface area contributed by atoms with Gasteiger partial charge in [-0.3, -0.25) is 9.88 Å². The predicted octanol–water partition coefficient (Wildman–Crippen LogP) is 1.48. The van der Waals surface area contributed by atoms with Crippen LogP contribution in [0.4, 0.5) is 10.5 Å². The molecule has 2 aromatic rings. The van der Waals surface area contributed by atoms with Crippen LogP contribution in [0.15, 0.2) is 48.8 Å². The quantitative estimate of drug-likeness (QED) is 0.803. The fraction of sp³-hybridized carbons (Fsp3) is 0.278. The van der Waals surface area contributed by atoms with E-state index in [-0.39, 0.29) is 35.6 Å². The van der Waals surface area contributed by atoms with E-state index in [1.54, 1.807) is 47.6 Å². The number of nitrogens with zero attached hydrogens (tertiary/aromatic N) is 3. The molecule has 2 amide bonds. The van der Waals surface area contributed by atoms with Gasteiger partial charge in [0.25, 0.3) is 0 Å². The molecule has 26 heavy (non-hydrogen) atoms. The predicted molar refractivity (Wildman–Crippen MR) is 101 cm³/mol. The van der Waals surface area contributed by atoms with Crippen molar-refractivity contribution in [2.75, 3.05) is 31.5 Å². The third-order valence-electron chi connectivity index (χ3n) is 4.15. The van der Waals surface area contributed by atoms with Crippen LogP contribution in [0.1, 0.15) is 15.9 Å². The Kier molecular flexibility index (Phi) is 7.59. The molecule has 1 aromatic heterocycles. The Balaban J connectivity index is 0.00000243. The average molecular weight is 364 g/mol. The maximum atomic E-state index is 12.3. The molecule has 2 heterocycles. The number of carbonyl (C=O) groups is 2. The molecule has 0 unspecified atom stereocenters. The van der Waals surface area contributed by atoms with Crippen LogP contribution in [-0.2, 0) is 6.54 Å². The van der Waals surface area contributed by atoms with Crippen molar-refractivity contribution in [3.63, 3.8) is 0 Å². The Labute approximate surface area is 174 Å². The second-order valence-electron chi connectivity index (χ2n) is 5.94. The van der Waals surface area contributed by atoms with Crippen molar-refractivity contribution in [1.82, 2.24) is 14.8 Å². The van der Waals surface area contributed by atoms with E-state index >= 15 is 0 Å². The Hall–Kier alpha value is -1.93. The number of anilines is 1. The number of carbonyl (C=O) groups excluding carboxylic acids is 1. The summed E-state index contributed by atoms with van der Waals surface area (Å²) in [5.74, 6) is -0.918. The van der Waals surface area contributed by atoms with Gasteiger partial charge >= 0.3 is 41.6 Å². The van der Waals surface area contributed by atoms with E-state index in [1.807, 2.05) is 6.07 Å². The van der Waals surface area contributed by atoms with Gasteiger partial charge in [-0.15, -0.1) is 0 Å². The van der Waals surface area contributed by atoms with Crippen molar-refractivity contribution in [2.24, 2.45) is 0 Å². The number of piperazine rings is 1. The monoisotopic (exact) mass is 364 g/mol. The number of urea groups is 1. The molecular weight excluding hydrogens is 343 g/mol. The van der Waals surface area contributed by atoms with Crippen molar-refractivity contribution in [3.05, 3.63) is 59.9 Å². The summed E-state index contributed by atoms with van der Waals surface area (Å²) >= 11 is 0. The van der Waals surface area contributed by atoms with Crippen LogP contribution in [0.5, 0.6) is 0 Å². The zero-order valence-corrected chi connectivity index (χ0v) is 13.8. The summed E-state index contributed by atoms with van der Waals surface area (Å²) in [7, 11) is 0. The summed E-state index contributed by atoms with van der Waals surface area (Å²) in [6.07, 6.45) is 3.28. The summed E-state index contributed by atoms with van der Waals surface area (Å²) in [4.78, 5) is 31.3. The molecule has 1 aliphatic rings. The SMILES string of the molecule is O=C(O)c1cccc(CN2CCN(C(=O)Nc3cccnc3)CC2)c1.[NaH]. The molecule has 0 atom stereocenters. The van der Waals surface area contributed by atoms with Crippen LogP contribution in [0.3, 0.4) is 0 Å². The number of carboxylic acids is 1. The van der Waals surface area contributed by atoms with E-state index in [1.165, 1.54) is 0 Å². The number of pyridine rings is 1. The molecule has 0 radical (unpaired) electrons. The van der Waals surface area contributed by atoms with Crippen molar-refractivity contribution in [1.29, 1.82) is 0 Å². The fourth-order valence-corrected chi connectivity index (χ4v) is 2.81. The van der Waals surface area contributed by atoms with Crippen molar-refractivity contribution in [3.8, 4) is 0 Å². The number of aromatic carboxylic acids is 1. The Morgan fingerprint density at radius 3 is 2.54 bits per heavy atom. The number of hydrogen-bond donors (Lipinski definition) is 2. The van der Waals surface area contributed by atoms with Gasteiger partial charge < -0.3 is 15.3 Å². The number of aromatic nitrogens is 1. The molecule has 1 aromatic carbocycles. The molecule has 0 spiro atoms. The van der Waals surface area contributed by atoms with Gasteiger partial charge in [0.05, 0.1) is 17.4 Å². The average Bonchev–Trinajstić information content (AvgIpc) is 2.63. The minimum atomic E-state index is -0.918. The normalized spacial score (nSPS) is 14.4. The molecule has 7 nitrogen and oxygen atoms in total. The van der Waals surface area contributed by atoms with Crippen molar-refractivity contribution in [2.45, 2.75) is 6.54 Å². The van der Waals surface area contributed by atoms with Gasteiger partial charge in [-0.05, 0) is 29.8 Å². The molecule has 0 saturated carbocycles. The molecule has 1 saturated heterocycles. The second-order valence-corrected chi connectivity index (χ2v) is 5.94. The van der Waals surface area contributed by atoms with Gasteiger partial charge in [-0.1, -0.05) is 12.1 Å². The van der Waals surface area contributed by atoms with E-state index in [0.29, 0.717) is 30.9 Å². The van der Waals surface area contributed by atoms with Gasteiger partial charge in [-0.2, -0.15) is 0 Å². The van der Waals surface area contributed by atoms with Crippen LogP contribution in [-0.4, -0.2) is 87.6 Å². The van der Waals surface area contributed by atoms with E-state index < -0.39 is 5.97 Å². The minimum absolute atomic E-state index is 0. The van der Waals surface area contributed by atoms with Crippen LogP contribution in [0, 0.1) is 0 Å². The zero-order valence-electron chi connectivity index (χ0n) is 13.8. The number of hydrogen-bond acceptors (Lipinski definition) is 4. The van der Waals surface area contributed by atoms with Gasteiger partial charge in [0.15, 0.2) is 0 Å². The third-order valence-corrected chi connectivity index (χ3v) is 4.15. The molecule has 2 N–H and O–H groups in total. The number of nitrogens with one attached hydrogen (secondary N) is 1. The second kappa shape index (κ2) is 9.68. The molecule has 0 bridgehead atoms. The molecule has 0 aliphatic carbocycles. The molecular formula is C18H21N4NaO3. The first-order valence-electron chi connectivity index (χ1n) is 8.12. The van der Waals surface area contributed by atoms with E-state index in [4.69, 9.17) is 5.11 Å². The summed E-state index contributed by atoms with van der Waals surface area (Å²) < 4.78 is 0. The summed E-state index contributed by atoms with van der Waals surface area (Å²) in [6.45, 7) is 3.43. The standard InChI is InChI=1S/C18H20N4O3.Na.H/c23-17(24)15-4-1-3-14(11-15)13-21-7-9-22(10-8-21)18(25)20-16-5-2-6-19-12-16;;/h1-6,11-12H,7-10,13H2,(H,20,25)(H,23,24);;. The van der Waals surface area contributed by atoms with E-state index in [2.05, 4.69) is 15.2 Å². The van der Waals surface area contributed by atoms with Gasteiger partial charge in [0, 0.05) is 38.9 Å². The molecule has 1 aliphatic heterocycles. The summed E-state index contributed by atoms with van der Waals surface area (Å²) in [5, 5.41) is 11.9. The number of carboxylic acid groups (broad SMARTS) is 1. The topological polar surface area (TPSA) is 85.8 Å². The van der Waals surface area contributed by atoms with Gasteiger partial charge in [0.2, 0.25) is 0 Å². The fourth-order valence-electron chi connectivity index (χ4n) is 2.81. The van der Waals surface area contributed by atoms with E-state index in [9.17, 15) is 9.59 Å². The zero-order chi connectivity index (χ0) is 17.6. The summed E-state index contributed by atoms with van der Waals surface area (Å²) in [6, 6.07) is 10.4. The van der Waals surface area contributed by atoms with E-state index in [0.717, 1.165) is 18.7 Å². The first kappa shape index (κ1) is 20.4.